The number of amides is 1. The van der Waals surface area contributed by atoms with Crippen LogP contribution in [0.15, 0.2) is 48.5 Å². The van der Waals surface area contributed by atoms with Gasteiger partial charge in [0, 0.05) is 32.4 Å². The molecule has 0 atom stereocenters. The molecule has 6 heteroatoms. The maximum Gasteiger partial charge on any atom is 0.260 e. The Kier molecular flexibility index (Phi) is 5.96. The van der Waals surface area contributed by atoms with Crippen LogP contribution in [0.2, 0.25) is 0 Å². The summed E-state index contributed by atoms with van der Waals surface area (Å²) in [5.41, 5.74) is 2.23. The molecule has 6 nitrogen and oxygen atoms in total. The van der Waals surface area contributed by atoms with Gasteiger partial charge in [0.2, 0.25) is 0 Å². The molecule has 3 rings (SSSR count). The van der Waals surface area contributed by atoms with Crippen molar-refractivity contribution in [3.8, 4) is 11.5 Å². The molecular formula is C20H24N2O4. The van der Waals surface area contributed by atoms with Crippen LogP contribution in [0.4, 0.5) is 5.69 Å². The van der Waals surface area contributed by atoms with Gasteiger partial charge < -0.3 is 24.4 Å². The number of hydrogen-bond donors (Lipinski definition) is 1. The number of carbonyl (C=O) groups is 1. The predicted molar refractivity (Wildman–Crippen MR) is 99.5 cm³/mol. The van der Waals surface area contributed by atoms with Gasteiger partial charge in [-0.05, 0) is 23.8 Å². The maximum absolute atomic E-state index is 12.4. The van der Waals surface area contributed by atoms with E-state index in [2.05, 4.69) is 11.0 Å². The number of para-hydroxylation sites is 3. The molecular weight excluding hydrogens is 332 g/mol. The number of carbonyl (C=O) groups excluding carboxylic acids is 1. The van der Waals surface area contributed by atoms with Crippen molar-refractivity contribution in [1.82, 2.24) is 4.90 Å². The number of ether oxygens (including phenoxy) is 2. The number of phenolic OH excluding ortho intramolecular Hbond substituents is 1. The summed E-state index contributed by atoms with van der Waals surface area (Å²) in [5, 5.41) is 9.71. The van der Waals surface area contributed by atoms with Crippen molar-refractivity contribution in [3.05, 3.63) is 54.1 Å². The Morgan fingerprint density at radius 1 is 1.15 bits per heavy atom. The zero-order valence-electron chi connectivity index (χ0n) is 14.9. The fraction of sp³-hybridized carbons (Fsp3) is 0.350. The number of anilines is 1. The summed E-state index contributed by atoms with van der Waals surface area (Å²) in [6.45, 7) is 3.52. The average molecular weight is 356 g/mol. The second kappa shape index (κ2) is 8.58. The van der Waals surface area contributed by atoms with E-state index in [9.17, 15) is 9.90 Å². The summed E-state index contributed by atoms with van der Waals surface area (Å²) in [6, 6.07) is 14.7. The van der Waals surface area contributed by atoms with Gasteiger partial charge >= 0.3 is 0 Å². The molecule has 2 aromatic carbocycles. The fourth-order valence-corrected chi connectivity index (χ4v) is 2.93. The van der Waals surface area contributed by atoms with Crippen LogP contribution in [0, 0.1) is 0 Å². The first-order chi connectivity index (χ1) is 12.6. The Morgan fingerprint density at radius 3 is 2.62 bits per heavy atom. The Hall–Kier alpha value is -2.73. The Balaban J connectivity index is 1.61. The minimum absolute atomic E-state index is 0.0283. The Morgan fingerprint density at radius 2 is 1.85 bits per heavy atom. The average Bonchev–Trinajstić information content (AvgIpc) is 2.68. The molecule has 1 aliphatic rings. The van der Waals surface area contributed by atoms with Gasteiger partial charge in [0.15, 0.2) is 18.1 Å². The van der Waals surface area contributed by atoms with Crippen LogP contribution < -0.4 is 9.64 Å². The number of phenols is 1. The number of hydrogen-bond acceptors (Lipinski definition) is 5. The third kappa shape index (κ3) is 4.46. The van der Waals surface area contributed by atoms with Gasteiger partial charge in [0.05, 0.1) is 13.2 Å². The van der Waals surface area contributed by atoms with E-state index in [1.54, 1.807) is 30.1 Å². The van der Waals surface area contributed by atoms with Gasteiger partial charge in [-0.2, -0.15) is 0 Å². The second-order valence-electron chi connectivity index (χ2n) is 6.23. The molecule has 1 amide bonds. The summed E-state index contributed by atoms with van der Waals surface area (Å²) >= 11 is 0. The monoisotopic (exact) mass is 356 g/mol. The van der Waals surface area contributed by atoms with Gasteiger partial charge in [-0.1, -0.05) is 30.3 Å². The highest BCUT2D eigenvalue weighted by Crippen LogP contribution is 2.25. The second-order valence-corrected chi connectivity index (χ2v) is 6.23. The van der Waals surface area contributed by atoms with Crippen LogP contribution in [-0.2, 0) is 16.1 Å². The van der Waals surface area contributed by atoms with Crippen molar-refractivity contribution in [2.24, 2.45) is 0 Å². The zero-order valence-corrected chi connectivity index (χ0v) is 14.9. The van der Waals surface area contributed by atoms with Crippen LogP contribution in [0.25, 0.3) is 0 Å². The van der Waals surface area contributed by atoms with Crippen LogP contribution in [0.3, 0.4) is 0 Å². The van der Waals surface area contributed by atoms with Gasteiger partial charge in [0.25, 0.3) is 5.91 Å². The fourth-order valence-electron chi connectivity index (χ4n) is 2.93. The molecule has 138 valence electrons. The Bertz CT molecular complexity index is 744. The molecule has 0 aliphatic carbocycles. The van der Waals surface area contributed by atoms with Gasteiger partial charge in [-0.25, -0.2) is 0 Å². The molecule has 1 saturated heterocycles. The molecule has 1 aliphatic heterocycles. The number of likely N-dealkylation sites (N-methyl/N-ethyl adjacent to an activating group) is 1. The van der Waals surface area contributed by atoms with Crippen molar-refractivity contribution in [2.45, 2.75) is 6.54 Å². The van der Waals surface area contributed by atoms with Crippen molar-refractivity contribution >= 4 is 11.6 Å². The zero-order chi connectivity index (χ0) is 18.4. The highest BCUT2D eigenvalue weighted by atomic mass is 16.5. The van der Waals surface area contributed by atoms with Crippen LogP contribution in [-0.4, -0.2) is 55.9 Å². The molecule has 26 heavy (non-hydrogen) atoms. The first kappa shape index (κ1) is 18.1. The lowest BCUT2D eigenvalue weighted by molar-refractivity contribution is -0.132. The molecule has 1 N–H and O–H groups in total. The van der Waals surface area contributed by atoms with E-state index in [0.29, 0.717) is 12.3 Å². The topological polar surface area (TPSA) is 62.2 Å². The Labute approximate surface area is 153 Å². The number of nitrogens with zero attached hydrogens (tertiary/aromatic N) is 2. The number of morpholine rings is 1. The molecule has 0 aromatic heterocycles. The van der Waals surface area contributed by atoms with Crippen LogP contribution >= 0.6 is 0 Å². The molecule has 1 heterocycles. The highest BCUT2D eigenvalue weighted by molar-refractivity contribution is 5.77. The minimum Gasteiger partial charge on any atom is -0.504 e. The standard InChI is InChI=1S/C20H24N2O4/c1-21(20(24)15-26-19-9-5-4-8-18(19)23)14-16-6-2-3-7-17(16)22-10-12-25-13-11-22/h2-9,23H,10-15H2,1H3. The summed E-state index contributed by atoms with van der Waals surface area (Å²) in [7, 11) is 1.76. The molecule has 0 bridgehead atoms. The normalized spacial score (nSPS) is 14.1. The lowest BCUT2D eigenvalue weighted by Gasteiger charge is -2.31. The van der Waals surface area contributed by atoms with E-state index in [1.165, 1.54) is 6.07 Å². The summed E-state index contributed by atoms with van der Waals surface area (Å²) < 4.78 is 10.9. The van der Waals surface area contributed by atoms with Crippen molar-refractivity contribution in [3.63, 3.8) is 0 Å². The van der Waals surface area contributed by atoms with Crippen molar-refractivity contribution in [2.75, 3.05) is 44.9 Å². The van der Waals surface area contributed by atoms with E-state index in [-0.39, 0.29) is 18.3 Å². The quantitative estimate of drug-likeness (QED) is 0.860. The van der Waals surface area contributed by atoms with Crippen molar-refractivity contribution in [1.29, 1.82) is 0 Å². The number of rotatable bonds is 6. The van der Waals surface area contributed by atoms with E-state index in [0.717, 1.165) is 37.6 Å². The largest absolute Gasteiger partial charge is 0.504 e. The minimum atomic E-state index is -0.148. The van der Waals surface area contributed by atoms with Crippen LogP contribution in [0.1, 0.15) is 5.56 Å². The predicted octanol–water partition coefficient (Wildman–Crippen LogP) is 2.27. The third-order valence-corrected chi connectivity index (χ3v) is 4.39. The molecule has 2 aromatic rings. The molecule has 1 fully saturated rings. The maximum atomic E-state index is 12.4. The van der Waals surface area contributed by atoms with E-state index < -0.39 is 0 Å². The van der Waals surface area contributed by atoms with Gasteiger partial charge in [-0.15, -0.1) is 0 Å². The SMILES string of the molecule is CN(Cc1ccccc1N1CCOCC1)C(=O)COc1ccccc1O. The smallest absolute Gasteiger partial charge is 0.260 e. The van der Waals surface area contributed by atoms with Crippen LogP contribution in [0.5, 0.6) is 11.5 Å². The molecule has 0 radical (unpaired) electrons. The van der Waals surface area contributed by atoms with E-state index in [4.69, 9.17) is 9.47 Å². The van der Waals surface area contributed by atoms with Crippen molar-refractivity contribution < 1.29 is 19.4 Å². The van der Waals surface area contributed by atoms with Gasteiger partial charge in [-0.3, -0.25) is 4.79 Å². The molecule has 0 spiro atoms. The lowest BCUT2D eigenvalue weighted by atomic mass is 10.1. The summed E-state index contributed by atoms with van der Waals surface area (Å²) in [6.07, 6.45) is 0. The summed E-state index contributed by atoms with van der Waals surface area (Å²) in [5.74, 6) is 0.189. The molecule has 0 saturated carbocycles. The third-order valence-electron chi connectivity index (χ3n) is 4.39. The lowest BCUT2D eigenvalue weighted by Crippen LogP contribution is -2.37. The first-order valence-electron chi connectivity index (χ1n) is 8.70. The summed E-state index contributed by atoms with van der Waals surface area (Å²) in [4.78, 5) is 16.3. The highest BCUT2D eigenvalue weighted by Gasteiger charge is 2.17. The number of benzene rings is 2. The van der Waals surface area contributed by atoms with E-state index >= 15 is 0 Å². The van der Waals surface area contributed by atoms with E-state index in [1.807, 2.05) is 18.2 Å². The number of aromatic hydroxyl groups is 1. The first-order valence-corrected chi connectivity index (χ1v) is 8.70. The van der Waals surface area contributed by atoms with Gasteiger partial charge in [0.1, 0.15) is 0 Å². The molecule has 0 unspecified atom stereocenters.